The number of methoxy groups -OCH3 is 1. The Labute approximate surface area is 120 Å². The van der Waals surface area contributed by atoms with E-state index < -0.39 is 5.97 Å². The van der Waals surface area contributed by atoms with E-state index in [4.69, 9.17) is 10.5 Å². The Bertz CT molecular complexity index is 460. The number of nitrogens with one attached hydrogen (secondary N) is 1. The normalized spacial score (nSPS) is 12.6. The summed E-state index contributed by atoms with van der Waals surface area (Å²) in [6.07, 6.45) is 1.55. The minimum Gasteiger partial charge on any atom is -0.465 e. The summed E-state index contributed by atoms with van der Waals surface area (Å²) in [5, 5.41) is 3.31. The molecule has 1 atom stereocenters. The SMILES string of the molecule is COC(=O)c1ccnc(NC(CN(C)C)C(C)C)c1N. The number of hydrogen-bond acceptors (Lipinski definition) is 6. The quantitative estimate of drug-likeness (QED) is 0.768. The summed E-state index contributed by atoms with van der Waals surface area (Å²) in [7, 11) is 5.36. The number of rotatable bonds is 6. The van der Waals surface area contributed by atoms with Crippen LogP contribution in [-0.4, -0.2) is 49.6 Å². The Morgan fingerprint density at radius 1 is 1.50 bits per heavy atom. The van der Waals surface area contributed by atoms with Crippen molar-refractivity contribution in [3.63, 3.8) is 0 Å². The van der Waals surface area contributed by atoms with Gasteiger partial charge < -0.3 is 20.7 Å². The minimum absolute atomic E-state index is 0.188. The molecule has 0 bridgehead atoms. The molecule has 6 nitrogen and oxygen atoms in total. The van der Waals surface area contributed by atoms with E-state index in [1.165, 1.54) is 7.11 Å². The first-order valence-electron chi connectivity index (χ1n) is 6.60. The summed E-state index contributed by atoms with van der Waals surface area (Å²) >= 11 is 0. The number of nitrogens with zero attached hydrogens (tertiary/aromatic N) is 2. The maximum atomic E-state index is 11.6. The van der Waals surface area contributed by atoms with Gasteiger partial charge in [-0.25, -0.2) is 9.78 Å². The van der Waals surface area contributed by atoms with Gasteiger partial charge in [0, 0.05) is 18.8 Å². The fourth-order valence-electron chi connectivity index (χ4n) is 1.87. The fourth-order valence-corrected chi connectivity index (χ4v) is 1.87. The van der Waals surface area contributed by atoms with E-state index >= 15 is 0 Å². The molecular weight excluding hydrogens is 256 g/mol. The highest BCUT2D eigenvalue weighted by atomic mass is 16.5. The van der Waals surface area contributed by atoms with Gasteiger partial charge in [0.15, 0.2) is 0 Å². The van der Waals surface area contributed by atoms with Crippen molar-refractivity contribution in [2.24, 2.45) is 5.92 Å². The molecule has 0 aromatic carbocycles. The molecule has 1 rings (SSSR count). The zero-order valence-electron chi connectivity index (χ0n) is 12.8. The number of nitrogens with two attached hydrogens (primary N) is 1. The maximum absolute atomic E-state index is 11.6. The molecule has 1 unspecified atom stereocenters. The van der Waals surface area contributed by atoms with E-state index in [-0.39, 0.29) is 6.04 Å². The van der Waals surface area contributed by atoms with Crippen LogP contribution < -0.4 is 11.1 Å². The average molecular weight is 280 g/mol. The van der Waals surface area contributed by atoms with Crippen LogP contribution in [-0.2, 0) is 4.74 Å². The van der Waals surface area contributed by atoms with Gasteiger partial charge in [-0.15, -0.1) is 0 Å². The Kier molecular flexibility index (Phi) is 5.76. The lowest BCUT2D eigenvalue weighted by Gasteiger charge is -2.26. The van der Waals surface area contributed by atoms with E-state index in [1.807, 2.05) is 14.1 Å². The van der Waals surface area contributed by atoms with Crippen LogP contribution in [0.1, 0.15) is 24.2 Å². The van der Waals surface area contributed by atoms with Crippen LogP contribution in [0.4, 0.5) is 11.5 Å². The van der Waals surface area contributed by atoms with Crippen LogP contribution >= 0.6 is 0 Å². The van der Waals surface area contributed by atoms with Crippen molar-refractivity contribution >= 4 is 17.5 Å². The zero-order chi connectivity index (χ0) is 15.3. The van der Waals surface area contributed by atoms with E-state index in [2.05, 4.69) is 29.0 Å². The number of aromatic nitrogens is 1. The van der Waals surface area contributed by atoms with Crippen molar-refractivity contribution in [3.05, 3.63) is 17.8 Å². The molecule has 0 aliphatic heterocycles. The van der Waals surface area contributed by atoms with Crippen LogP contribution in [0.2, 0.25) is 0 Å². The number of pyridine rings is 1. The zero-order valence-corrected chi connectivity index (χ0v) is 12.8. The van der Waals surface area contributed by atoms with Gasteiger partial charge in [-0.05, 0) is 26.1 Å². The summed E-state index contributed by atoms with van der Waals surface area (Å²) in [5.74, 6) is 0.468. The molecule has 0 aliphatic rings. The summed E-state index contributed by atoms with van der Waals surface area (Å²) in [5.41, 5.74) is 6.65. The molecule has 0 amide bonds. The lowest BCUT2D eigenvalue weighted by atomic mass is 10.0. The number of likely N-dealkylation sites (N-methyl/N-ethyl adjacent to an activating group) is 1. The molecule has 20 heavy (non-hydrogen) atoms. The molecule has 0 spiro atoms. The van der Waals surface area contributed by atoms with Gasteiger partial charge in [0.05, 0.1) is 18.4 Å². The summed E-state index contributed by atoms with van der Waals surface area (Å²) < 4.78 is 4.71. The third kappa shape index (κ3) is 4.09. The van der Waals surface area contributed by atoms with Gasteiger partial charge in [0.2, 0.25) is 0 Å². The molecule has 112 valence electrons. The monoisotopic (exact) mass is 280 g/mol. The van der Waals surface area contributed by atoms with Gasteiger partial charge in [-0.3, -0.25) is 0 Å². The van der Waals surface area contributed by atoms with Gasteiger partial charge in [0.25, 0.3) is 0 Å². The molecule has 1 heterocycles. The number of carbonyl (C=O) groups is 1. The highest BCUT2D eigenvalue weighted by Gasteiger charge is 2.19. The third-order valence-electron chi connectivity index (χ3n) is 3.08. The minimum atomic E-state index is -0.457. The topological polar surface area (TPSA) is 80.5 Å². The summed E-state index contributed by atoms with van der Waals surface area (Å²) in [6.45, 7) is 5.10. The second-order valence-corrected chi connectivity index (χ2v) is 5.37. The Morgan fingerprint density at radius 3 is 2.65 bits per heavy atom. The highest BCUT2D eigenvalue weighted by molar-refractivity contribution is 5.97. The Hall–Kier alpha value is -1.82. The van der Waals surface area contributed by atoms with Crippen molar-refractivity contribution in [2.45, 2.75) is 19.9 Å². The second kappa shape index (κ2) is 7.09. The average Bonchev–Trinajstić information content (AvgIpc) is 2.38. The first-order valence-corrected chi connectivity index (χ1v) is 6.60. The summed E-state index contributed by atoms with van der Waals surface area (Å²) in [6, 6.07) is 1.75. The van der Waals surface area contributed by atoms with Gasteiger partial charge in [0.1, 0.15) is 5.82 Å². The third-order valence-corrected chi connectivity index (χ3v) is 3.08. The van der Waals surface area contributed by atoms with E-state index in [0.29, 0.717) is 23.0 Å². The van der Waals surface area contributed by atoms with Crippen molar-refractivity contribution in [3.8, 4) is 0 Å². The van der Waals surface area contributed by atoms with E-state index in [1.54, 1.807) is 12.3 Å². The predicted molar refractivity (Wildman–Crippen MR) is 80.8 cm³/mol. The first-order chi connectivity index (χ1) is 9.36. The number of anilines is 2. The van der Waals surface area contributed by atoms with Crippen LogP contribution in [0.25, 0.3) is 0 Å². The summed E-state index contributed by atoms with van der Waals surface area (Å²) in [4.78, 5) is 17.9. The van der Waals surface area contributed by atoms with E-state index in [9.17, 15) is 4.79 Å². The molecule has 0 radical (unpaired) electrons. The smallest absolute Gasteiger partial charge is 0.340 e. The molecule has 1 aromatic heterocycles. The van der Waals surface area contributed by atoms with Crippen LogP contribution in [0, 0.1) is 5.92 Å². The molecule has 1 aromatic rings. The lowest BCUT2D eigenvalue weighted by molar-refractivity contribution is 0.0602. The van der Waals surface area contributed by atoms with Crippen molar-refractivity contribution in [2.75, 3.05) is 38.8 Å². The van der Waals surface area contributed by atoms with Crippen LogP contribution in [0.3, 0.4) is 0 Å². The van der Waals surface area contributed by atoms with Crippen LogP contribution in [0.5, 0.6) is 0 Å². The Morgan fingerprint density at radius 2 is 2.15 bits per heavy atom. The second-order valence-electron chi connectivity index (χ2n) is 5.37. The number of nitrogen functional groups attached to an aromatic ring is 1. The maximum Gasteiger partial charge on any atom is 0.340 e. The Balaban J connectivity index is 2.98. The number of carbonyl (C=O) groups excluding carboxylic acids is 1. The molecule has 3 N–H and O–H groups in total. The van der Waals surface area contributed by atoms with Gasteiger partial charge in [-0.2, -0.15) is 0 Å². The van der Waals surface area contributed by atoms with Crippen LogP contribution in [0.15, 0.2) is 12.3 Å². The largest absolute Gasteiger partial charge is 0.465 e. The first kappa shape index (κ1) is 16.2. The van der Waals surface area contributed by atoms with Gasteiger partial charge in [-0.1, -0.05) is 13.8 Å². The predicted octanol–water partition coefficient (Wildman–Crippen LogP) is 1.45. The van der Waals surface area contributed by atoms with Crippen molar-refractivity contribution < 1.29 is 9.53 Å². The molecule has 0 fully saturated rings. The molecule has 0 aliphatic carbocycles. The number of ether oxygens (including phenoxy) is 1. The molecule has 6 heteroatoms. The molecule has 0 saturated heterocycles. The van der Waals surface area contributed by atoms with Gasteiger partial charge >= 0.3 is 5.97 Å². The number of esters is 1. The number of hydrogen-bond donors (Lipinski definition) is 2. The molecular formula is C14H24N4O2. The standard InChI is InChI=1S/C14H24N4O2/c1-9(2)11(8-18(3)4)17-13-12(15)10(6-7-16-13)14(19)20-5/h6-7,9,11H,8,15H2,1-5H3,(H,16,17). The van der Waals surface area contributed by atoms with E-state index in [0.717, 1.165) is 6.54 Å². The molecule has 0 saturated carbocycles. The lowest BCUT2D eigenvalue weighted by Crippen LogP contribution is -2.37. The van der Waals surface area contributed by atoms with Crippen molar-refractivity contribution in [1.29, 1.82) is 0 Å². The fraction of sp³-hybridized carbons (Fsp3) is 0.571. The highest BCUT2D eigenvalue weighted by Crippen LogP contribution is 2.22. The van der Waals surface area contributed by atoms with Crippen molar-refractivity contribution in [1.82, 2.24) is 9.88 Å².